The van der Waals surface area contributed by atoms with E-state index in [1.54, 1.807) is 12.1 Å². The Hall–Kier alpha value is -4.14. The molecule has 0 radical (unpaired) electrons. The lowest BCUT2D eigenvalue weighted by Crippen LogP contribution is -2.52. The molecule has 1 aliphatic rings. The fraction of sp³-hybridized carbons (Fsp3) is 0.222. The van der Waals surface area contributed by atoms with Crippen molar-refractivity contribution in [1.82, 2.24) is 15.1 Å². The maximum absolute atomic E-state index is 12.9. The fourth-order valence-electron chi connectivity index (χ4n) is 3.98. The summed E-state index contributed by atoms with van der Waals surface area (Å²) in [4.78, 5) is 40.6. The van der Waals surface area contributed by atoms with Crippen LogP contribution in [0.3, 0.4) is 0 Å². The van der Waals surface area contributed by atoms with Crippen LogP contribution in [0.15, 0.2) is 78.9 Å². The van der Waals surface area contributed by atoms with Crippen molar-refractivity contribution in [1.29, 1.82) is 0 Å². The average molecular weight is 496 g/mol. The molecule has 1 fully saturated rings. The molecule has 1 aliphatic heterocycles. The van der Waals surface area contributed by atoms with E-state index >= 15 is 0 Å². The van der Waals surface area contributed by atoms with Gasteiger partial charge in [0.2, 0.25) is 5.91 Å². The molecule has 1 saturated heterocycles. The summed E-state index contributed by atoms with van der Waals surface area (Å²) in [7, 11) is 0. The van der Waals surface area contributed by atoms with Crippen molar-refractivity contribution in [2.45, 2.75) is 6.18 Å². The molecule has 0 bridgehead atoms. The Bertz CT molecular complexity index is 1240. The van der Waals surface area contributed by atoms with E-state index in [4.69, 9.17) is 0 Å². The Balaban J connectivity index is 1.26. The first-order valence-electron chi connectivity index (χ1n) is 11.4. The van der Waals surface area contributed by atoms with Gasteiger partial charge >= 0.3 is 6.18 Å². The topological polar surface area (TPSA) is 69.7 Å². The Morgan fingerprint density at radius 1 is 0.722 bits per heavy atom. The van der Waals surface area contributed by atoms with Gasteiger partial charge in [-0.15, -0.1) is 0 Å². The second kappa shape index (κ2) is 10.6. The molecule has 3 amide bonds. The molecule has 36 heavy (non-hydrogen) atoms. The maximum Gasteiger partial charge on any atom is 0.416 e. The molecule has 0 aromatic heterocycles. The van der Waals surface area contributed by atoms with E-state index in [9.17, 15) is 27.6 Å². The summed E-state index contributed by atoms with van der Waals surface area (Å²) in [5, 5.41) is 2.62. The third kappa shape index (κ3) is 5.91. The molecule has 186 valence electrons. The summed E-state index contributed by atoms with van der Waals surface area (Å²) in [6.07, 6.45) is -4.53. The molecule has 3 aromatic carbocycles. The van der Waals surface area contributed by atoms with Gasteiger partial charge in [-0.2, -0.15) is 13.2 Å². The molecule has 0 saturated carbocycles. The van der Waals surface area contributed by atoms with Gasteiger partial charge in [-0.05, 0) is 41.5 Å². The number of halogens is 3. The highest BCUT2D eigenvalue weighted by atomic mass is 19.4. The average Bonchev–Trinajstić information content (AvgIpc) is 2.91. The number of nitrogens with zero attached hydrogens (tertiary/aromatic N) is 2. The number of amides is 3. The Kier molecular flexibility index (Phi) is 7.38. The molecule has 0 aliphatic carbocycles. The molecular weight excluding hydrogens is 471 g/mol. The van der Waals surface area contributed by atoms with E-state index < -0.39 is 17.6 Å². The quantitative estimate of drug-likeness (QED) is 0.580. The van der Waals surface area contributed by atoms with Gasteiger partial charge in [-0.25, -0.2) is 0 Å². The molecule has 0 atom stereocenters. The molecule has 3 aromatic rings. The second-order valence-electron chi connectivity index (χ2n) is 8.38. The lowest BCUT2D eigenvalue weighted by molar-refractivity contribution is -0.137. The largest absolute Gasteiger partial charge is 0.416 e. The Morgan fingerprint density at radius 2 is 1.33 bits per heavy atom. The zero-order valence-electron chi connectivity index (χ0n) is 19.3. The van der Waals surface area contributed by atoms with Gasteiger partial charge in [0.1, 0.15) is 0 Å². The van der Waals surface area contributed by atoms with E-state index in [-0.39, 0.29) is 50.1 Å². The van der Waals surface area contributed by atoms with Crippen LogP contribution in [0.2, 0.25) is 0 Å². The first kappa shape index (κ1) is 25.0. The van der Waals surface area contributed by atoms with Crippen molar-refractivity contribution < 1.29 is 27.6 Å². The summed E-state index contributed by atoms with van der Waals surface area (Å²) in [6.45, 7) is 0.641. The van der Waals surface area contributed by atoms with Crippen molar-refractivity contribution >= 4 is 17.7 Å². The van der Waals surface area contributed by atoms with E-state index in [1.807, 2.05) is 42.5 Å². The van der Waals surface area contributed by atoms with Crippen molar-refractivity contribution in [3.8, 4) is 11.1 Å². The van der Waals surface area contributed by atoms with Gasteiger partial charge in [0, 0.05) is 37.3 Å². The number of carbonyl (C=O) groups excluding carboxylic acids is 3. The molecule has 4 rings (SSSR count). The van der Waals surface area contributed by atoms with E-state index in [2.05, 4.69) is 5.32 Å². The van der Waals surface area contributed by atoms with Crippen LogP contribution in [0.5, 0.6) is 0 Å². The molecule has 1 heterocycles. The number of rotatable bonds is 5. The standard InChI is InChI=1S/C27H24F3N3O3/c28-27(29,30)23-8-4-7-22(17-23)26(36)33-15-13-32(14-16-33)24(34)18-31-25(35)21-11-9-20(10-12-21)19-5-2-1-3-6-19/h1-12,17H,13-16,18H2,(H,31,35). The molecule has 1 N–H and O–H groups in total. The van der Waals surface area contributed by atoms with Crippen molar-refractivity contribution in [3.05, 3.63) is 95.6 Å². The Morgan fingerprint density at radius 3 is 1.97 bits per heavy atom. The summed E-state index contributed by atoms with van der Waals surface area (Å²) >= 11 is 0. The van der Waals surface area contributed by atoms with Crippen LogP contribution in [0.25, 0.3) is 11.1 Å². The highest BCUT2D eigenvalue weighted by molar-refractivity contribution is 5.97. The second-order valence-corrected chi connectivity index (χ2v) is 8.38. The van der Waals surface area contributed by atoms with Crippen LogP contribution in [0.1, 0.15) is 26.3 Å². The minimum absolute atomic E-state index is 0.0462. The smallest absolute Gasteiger partial charge is 0.343 e. The van der Waals surface area contributed by atoms with Crippen LogP contribution in [0, 0.1) is 0 Å². The van der Waals surface area contributed by atoms with Crippen molar-refractivity contribution in [2.75, 3.05) is 32.7 Å². The first-order chi connectivity index (χ1) is 17.2. The minimum Gasteiger partial charge on any atom is -0.343 e. The van der Waals surface area contributed by atoms with Crippen LogP contribution in [0.4, 0.5) is 13.2 Å². The predicted octanol–water partition coefficient (Wildman–Crippen LogP) is 4.09. The number of hydrogen-bond donors (Lipinski definition) is 1. The minimum atomic E-state index is -4.53. The van der Waals surface area contributed by atoms with Gasteiger partial charge in [0.05, 0.1) is 12.1 Å². The van der Waals surface area contributed by atoms with Gasteiger partial charge in [0.15, 0.2) is 0 Å². The number of carbonyl (C=O) groups is 3. The number of benzene rings is 3. The van der Waals surface area contributed by atoms with Crippen molar-refractivity contribution in [3.63, 3.8) is 0 Å². The summed E-state index contributed by atoms with van der Waals surface area (Å²) < 4.78 is 38.8. The normalized spacial score (nSPS) is 13.9. The number of piperazine rings is 1. The van der Waals surface area contributed by atoms with Crippen LogP contribution < -0.4 is 5.32 Å². The van der Waals surface area contributed by atoms with Gasteiger partial charge in [-0.3, -0.25) is 14.4 Å². The molecule has 6 nitrogen and oxygen atoms in total. The van der Waals surface area contributed by atoms with E-state index in [0.717, 1.165) is 23.3 Å². The maximum atomic E-state index is 12.9. The third-order valence-electron chi connectivity index (χ3n) is 6.01. The molecule has 0 spiro atoms. The monoisotopic (exact) mass is 495 g/mol. The van der Waals surface area contributed by atoms with Crippen LogP contribution >= 0.6 is 0 Å². The summed E-state index contributed by atoms with van der Waals surface area (Å²) in [5.74, 6) is -1.18. The van der Waals surface area contributed by atoms with Gasteiger partial charge in [-0.1, -0.05) is 48.5 Å². The van der Waals surface area contributed by atoms with Gasteiger partial charge < -0.3 is 15.1 Å². The van der Waals surface area contributed by atoms with E-state index in [0.29, 0.717) is 5.56 Å². The van der Waals surface area contributed by atoms with Crippen LogP contribution in [-0.4, -0.2) is 60.2 Å². The zero-order valence-corrected chi connectivity index (χ0v) is 19.3. The highest BCUT2D eigenvalue weighted by Crippen LogP contribution is 2.29. The predicted molar refractivity (Wildman–Crippen MR) is 128 cm³/mol. The lowest BCUT2D eigenvalue weighted by atomic mass is 10.0. The first-order valence-corrected chi connectivity index (χ1v) is 11.4. The van der Waals surface area contributed by atoms with Gasteiger partial charge in [0.25, 0.3) is 11.8 Å². The number of alkyl halides is 3. The Labute approximate surface area is 206 Å². The lowest BCUT2D eigenvalue weighted by Gasteiger charge is -2.35. The third-order valence-corrected chi connectivity index (χ3v) is 6.01. The zero-order chi connectivity index (χ0) is 25.7. The van der Waals surface area contributed by atoms with Crippen LogP contribution in [-0.2, 0) is 11.0 Å². The number of nitrogens with one attached hydrogen (secondary N) is 1. The summed E-state index contributed by atoms with van der Waals surface area (Å²) in [5.41, 5.74) is 1.51. The summed E-state index contributed by atoms with van der Waals surface area (Å²) in [6, 6.07) is 21.1. The fourth-order valence-corrected chi connectivity index (χ4v) is 3.98. The molecule has 0 unspecified atom stereocenters. The molecule has 9 heteroatoms. The van der Waals surface area contributed by atoms with Crippen molar-refractivity contribution in [2.24, 2.45) is 0 Å². The van der Waals surface area contributed by atoms with E-state index in [1.165, 1.54) is 21.9 Å². The molecular formula is C27H24F3N3O3. The highest BCUT2D eigenvalue weighted by Gasteiger charge is 2.32. The SMILES string of the molecule is O=C(NCC(=O)N1CCN(C(=O)c2cccc(C(F)(F)F)c2)CC1)c1ccc(-c2ccccc2)cc1. The number of hydrogen-bond acceptors (Lipinski definition) is 3.